The SMILES string of the molecule is CC(CC(=O)c1ccc(F)cc1F)c1c[nH]c2ccccc12. The standard InChI is InChI=1S/C18H15F2NO/c1-11(15-10-21-17-5-3-2-4-13(15)17)8-18(22)14-7-6-12(19)9-16(14)20/h2-7,9-11,21H,8H2,1H3. The lowest BCUT2D eigenvalue weighted by Gasteiger charge is -2.10. The van der Waals surface area contributed by atoms with Crippen LogP contribution in [0, 0.1) is 11.6 Å². The van der Waals surface area contributed by atoms with Crippen LogP contribution in [-0.4, -0.2) is 10.8 Å². The molecule has 0 amide bonds. The quantitative estimate of drug-likeness (QED) is 0.688. The summed E-state index contributed by atoms with van der Waals surface area (Å²) in [6, 6.07) is 10.9. The molecule has 0 fully saturated rings. The molecule has 1 unspecified atom stereocenters. The highest BCUT2D eigenvalue weighted by molar-refractivity contribution is 5.97. The van der Waals surface area contributed by atoms with Gasteiger partial charge in [-0.05, 0) is 29.7 Å². The lowest BCUT2D eigenvalue weighted by atomic mass is 9.93. The fraction of sp³-hybridized carbons (Fsp3) is 0.167. The summed E-state index contributed by atoms with van der Waals surface area (Å²) in [4.78, 5) is 15.4. The molecule has 1 heterocycles. The molecule has 0 bridgehead atoms. The van der Waals surface area contributed by atoms with Crippen molar-refractivity contribution in [2.45, 2.75) is 19.3 Å². The van der Waals surface area contributed by atoms with Crippen LogP contribution in [0.1, 0.15) is 35.2 Å². The second-order valence-electron chi connectivity index (χ2n) is 5.44. The fourth-order valence-corrected chi connectivity index (χ4v) is 2.72. The van der Waals surface area contributed by atoms with Crippen molar-refractivity contribution < 1.29 is 13.6 Å². The molecule has 2 nitrogen and oxygen atoms in total. The van der Waals surface area contributed by atoms with Crippen LogP contribution >= 0.6 is 0 Å². The number of Topliss-reactive ketones (excluding diaryl/α,β-unsaturated/α-hetero) is 1. The average Bonchev–Trinajstić information content (AvgIpc) is 2.91. The Balaban J connectivity index is 1.84. The molecule has 2 aromatic carbocycles. The fourth-order valence-electron chi connectivity index (χ4n) is 2.72. The molecule has 0 aliphatic heterocycles. The Morgan fingerprint density at radius 1 is 1.18 bits per heavy atom. The molecular weight excluding hydrogens is 284 g/mol. The molecule has 1 aromatic heterocycles. The van der Waals surface area contributed by atoms with Gasteiger partial charge in [0.05, 0.1) is 5.56 Å². The first-order chi connectivity index (χ1) is 10.6. The van der Waals surface area contributed by atoms with E-state index in [4.69, 9.17) is 0 Å². The summed E-state index contributed by atoms with van der Waals surface area (Å²) in [5.74, 6) is -1.88. The Hall–Kier alpha value is -2.49. The van der Waals surface area contributed by atoms with Crippen LogP contribution in [0.4, 0.5) is 8.78 Å². The van der Waals surface area contributed by atoms with Crippen molar-refractivity contribution in [2.75, 3.05) is 0 Å². The summed E-state index contributed by atoms with van der Waals surface area (Å²) in [6.45, 7) is 1.93. The molecule has 1 atom stereocenters. The number of carbonyl (C=O) groups excluding carboxylic acids is 1. The number of aromatic nitrogens is 1. The maximum Gasteiger partial charge on any atom is 0.166 e. The van der Waals surface area contributed by atoms with Crippen LogP contribution in [0.3, 0.4) is 0 Å². The van der Waals surface area contributed by atoms with Gasteiger partial charge in [0.1, 0.15) is 11.6 Å². The Bertz CT molecular complexity index is 838. The number of halogens is 2. The molecule has 4 heteroatoms. The molecule has 0 spiro atoms. The zero-order chi connectivity index (χ0) is 15.7. The topological polar surface area (TPSA) is 32.9 Å². The van der Waals surface area contributed by atoms with E-state index in [1.54, 1.807) is 0 Å². The Morgan fingerprint density at radius 3 is 2.73 bits per heavy atom. The Labute approximate surface area is 126 Å². The zero-order valence-electron chi connectivity index (χ0n) is 12.1. The largest absolute Gasteiger partial charge is 0.361 e. The number of fused-ring (bicyclic) bond motifs is 1. The predicted molar refractivity (Wildman–Crippen MR) is 82.0 cm³/mol. The smallest absolute Gasteiger partial charge is 0.166 e. The third kappa shape index (κ3) is 2.64. The van der Waals surface area contributed by atoms with Crippen molar-refractivity contribution in [3.63, 3.8) is 0 Å². The average molecular weight is 299 g/mol. The minimum absolute atomic E-state index is 0.0619. The molecule has 0 aliphatic rings. The van der Waals surface area contributed by atoms with Crippen molar-refractivity contribution >= 4 is 16.7 Å². The first-order valence-electron chi connectivity index (χ1n) is 7.10. The lowest BCUT2D eigenvalue weighted by Crippen LogP contribution is -2.07. The number of benzene rings is 2. The minimum atomic E-state index is -0.809. The van der Waals surface area contributed by atoms with E-state index in [0.717, 1.165) is 28.6 Å². The summed E-state index contributed by atoms with van der Waals surface area (Å²) in [6.07, 6.45) is 2.05. The number of hydrogen-bond acceptors (Lipinski definition) is 1. The van der Waals surface area contributed by atoms with Gasteiger partial charge in [0.15, 0.2) is 5.78 Å². The molecule has 22 heavy (non-hydrogen) atoms. The van der Waals surface area contributed by atoms with Gasteiger partial charge in [-0.1, -0.05) is 25.1 Å². The highest BCUT2D eigenvalue weighted by atomic mass is 19.1. The van der Waals surface area contributed by atoms with E-state index in [2.05, 4.69) is 4.98 Å². The summed E-state index contributed by atoms with van der Waals surface area (Å²) in [5, 5.41) is 1.06. The van der Waals surface area contributed by atoms with Crippen LogP contribution < -0.4 is 0 Å². The molecule has 3 rings (SSSR count). The summed E-state index contributed by atoms with van der Waals surface area (Å²) in [7, 11) is 0. The van der Waals surface area contributed by atoms with Crippen LogP contribution in [0.15, 0.2) is 48.7 Å². The first-order valence-corrected chi connectivity index (χ1v) is 7.10. The van der Waals surface area contributed by atoms with Gasteiger partial charge in [0, 0.05) is 29.6 Å². The van der Waals surface area contributed by atoms with Crippen molar-refractivity contribution in [1.82, 2.24) is 4.98 Å². The van der Waals surface area contributed by atoms with E-state index in [9.17, 15) is 13.6 Å². The molecule has 0 saturated carbocycles. The number of H-pyrrole nitrogens is 1. The van der Waals surface area contributed by atoms with Gasteiger partial charge in [0.25, 0.3) is 0 Å². The number of nitrogens with one attached hydrogen (secondary N) is 1. The van der Waals surface area contributed by atoms with Crippen LogP contribution in [0.5, 0.6) is 0 Å². The van der Waals surface area contributed by atoms with E-state index < -0.39 is 11.6 Å². The number of rotatable bonds is 4. The Morgan fingerprint density at radius 2 is 1.95 bits per heavy atom. The second-order valence-corrected chi connectivity index (χ2v) is 5.44. The van der Waals surface area contributed by atoms with E-state index in [0.29, 0.717) is 0 Å². The number of hydrogen-bond donors (Lipinski definition) is 1. The molecule has 0 radical (unpaired) electrons. The van der Waals surface area contributed by atoms with Crippen LogP contribution in [-0.2, 0) is 0 Å². The summed E-state index contributed by atoms with van der Waals surface area (Å²) >= 11 is 0. The minimum Gasteiger partial charge on any atom is -0.361 e. The molecule has 1 N–H and O–H groups in total. The number of aromatic amines is 1. The number of para-hydroxylation sites is 1. The summed E-state index contributed by atoms with van der Waals surface area (Å²) < 4.78 is 26.6. The lowest BCUT2D eigenvalue weighted by molar-refractivity contribution is 0.0972. The monoisotopic (exact) mass is 299 g/mol. The second kappa shape index (κ2) is 5.72. The third-order valence-corrected chi connectivity index (χ3v) is 3.88. The van der Waals surface area contributed by atoms with Gasteiger partial charge in [-0.3, -0.25) is 4.79 Å². The zero-order valence-corrected chi connectivity index (χ0v) is 12.1. The van der Waals surface area contributed by atoms with Crippen molar-refractivity contribution in [1.29, 1.82) is 0 Å². The highest BCUT2D eigenvalue weighted by Gasteiger charge is 2.18. The van der Waals surface area contributed by atoms with Crippen LogP contribution in [0.25, 0.3) is 10.9 Å². The van der Waals surface area contributed by atoms with Crippen molar-refractivity contribution in [3.8, 4) is 0 Å². The molecule has 3 aromatic rings. The first kappa shape index (κ1) is 14.4. The van der Waals surface area contributed by atoms with Gasteiger partial charge in [-0.2, -0.15) is 0 Å². The van der Waals surface area contributed by atoms with E-state index in [1.165, 1.54) is 6.07 Å². The molecule has 0 aliphatic carbocycles. The summed E-state index contributed by atoms with van der Waals surface area (Å²) in [5.41, 5.74) is 1.96. The molecule has 112 valence electrons. The van der Waals surface area contributed by atoms with Crippen LogP contribution in [0.2, 0.25) is 0 Å². The van der Waals surface area contributed by atoms with E-state index in [1.807, 2.05) is 37.4 Å². The normalized spacial score (nSPS) is 12.5. The van der Waals surface area contributed by atoms with Gasteiger partial charge in [-0.15, -0.1) is 0 Å². The van der Waals surface area contributed by atoms with E-state index >= 15 is 0 Å². The molecular formula is C18H15F2NO. The van der Waals surface area contributed by atoms with Gasteiger partial charge < -0.3 is 4.98 Å². The number of ketones is 1. The van der Waals surface area contributed by atoms with Gasteiger partial charge in [0.2, 0.25) is 0 Å². The van der Waals surface area contributed by atoms with E-state index in [-0.39, 0.29) is 23.7 Å². The van der Waals surface area contributed by atoms with Crippen molar-refractivity contribution in [2.24, 2.45) is 0 Å². The maximum absolute atomic E-state index is 13.7. The predicted octanol–water partition coefficient (Wildman–Crippen LogP) is 4.82. The van der Waals surface area contributed by atoms with Gasteiger partial charge in [-0.25, -0.2) is 8.78 Å². The third-order valence-electron chi connectivity index (χ3n) is 3.88. The van der Waals surface area contributed by atoms with Crippen molar-refractivity contribution in [3.05, 3.63) is 71.4 Å². The Kier molecular flexibility index (Phi) is 3.75. The van der Waals surface area contributed by atoms with Gasteiger partial charge >= 0.3 is 0 Å². The highest BCUT2D eigenvalue weighted by Crippen LogP contribution is 2.28. The number of carbonyl (C=O) groups is 1. The maximum atomic E-state index is 13.7. The molecule has 0 saturated heterocycles.